The summed E-state index contributed by atoms with van der Waals surface area (Å²) in [6.45, 7) is 3.07. The lowest BCUT2D eigenvalue weighted by molar-refractivity contribution is 0.500. The molecule has 0 aliphatic carbocycles. The zero-order chi connectivity index (χ0) is 13.5. The Morgan fingerprint density at radius 2 is 1.58 bits per heavy atom. The van der Waals surface area contributed by atoms with E-state index >= 15 is 0 Å². The molecule has 19 heavy (non-hydrogen) atoms. The van der Waals surface area contributed by atoms with Crippen molar-refractivity contribution in [3.05, 3.63) is 54.4 Å². The van der Waals surface area contributed by atoms with Crippen LogP contribution in [0.15, 0.2) is 48.8 Å². The van der Waals surface area contributed by atoms with E-state index in [1.165, 1.54) is 23.1 Å². The Morgan fingerprint density at radius 1 is 0.947 bits per heavy atom. The first-order chi connectivity index (χ1) is 9.29. The summed E-state index contributed by atoms with van der Waals surface area (Å²) in [5, 5.41) is 0. The van der Waals surface area contributed by atoms with Crippen LogP contribution in [0.2, 0.25) is 0 Å². The van der Waals surface area contributed by atoms with Gasteiger partial charge in [0.15, 0.2) is 0 Å². The maximum atomic E-state index is 5.58. The normalized spacial score (nSPS) is 12.3. The van der Waals surface area contributed by atoms with Crippen LogP contribution in [-0.4, -0.2) is 11.5 Å². The summed E-state index contributed by atoms with van der Waals surface area (Å²) in [4.78, 5) is 4.04. The fraction of sp³-hybridized carbons (Fsp3) is 0.353. The fourth-order valence-electron chi connectivity index (χ4n) is 2.25. The largest absolute Gasteiger partial charge is 0.330 e. The topological polar surface area (TPSA) is 38.9 Å². The average Bonchev–Trinajstić information content (AvgIpc) is 2.47. The number of aromatic nitrogens is 1. The van der Waals surface area contributed by atoms with E-state index in [-0.39, 0.29) is 0 Å². The van der Waals surface area contributed by atoms with Crippen LogP contribution in [-0.2, 0) is 6.42 Å². The molecule has 1 aromatic carbocycles. The Kier molecular flexibility index (Phi) is 5.10. The highest BCUT2D eigenvalue weighted by Gasteiger charge is 2.02. The summed E-state index contributed by atoms with van der Waals surface area (Å²) in [6.07, 6.45) is 7.13. The number of aryl methyl sites for hydroxylation is 1. The molecule has 0 saturated heterocycles. The highest BCUT2D eigenvalue weighted by molar-refractivity contribution is 5.62. The summed E-state index contributed by atoms with van der Waals surface area (Å²) in [5.74, 6) is 0.713. The molecule has 2 nitrogen and oxygen atoms in total. The minimum absolute atomic E-state index is 0.713. The maximum absolute atomic E-state index is 5.58. The third kappa shape index (κ3) is 4.18. The Balaban J connectivity index is 1.95. The first-order valence-electron chi connectivity index (χ1n) is 6.99. The number of nitrogens with zero attached hydrogens (tertiary/aromatic N) is 1. The summed E-state index contributed by atoms with van der Waals surface area (Å²) in [5.41, 5.74) is 9.45. The third-order valence-electron chi connectivity index (χ3n) is 3.55. The molecule has 0 saturated carbocycles. The van der Waals surface area contributed by atoms with E-state index < -0.39 is 0 Å². The Labute approximate surface area is 115 Å². The van der Waals surface area contributed by atoms with E-state index in [2.05, 4.69) is 36.2 Å². The Morgan fingerprint density at radius 3 is 2.21 bits per heavy atom. The van der Waals surface area contributed by atoms with Crippen molar-refractivity contribution in [3.8, 4) is 11.1 Å². The van der Waals surface area contributed by atoms with Crippen LogP contribution in [0.3, 0.4) is 0 Å². The van der Waals surface area contributed by atoms with Crippen molar-refractivity contribution >= 4 is 0 Å². The predicted octanol–water partition coefficient (Wildman–Crippen LogP) is 3.67. The minimum atomic E-state index is 0.713. The van der Waals surface area contributed by atoms with Gasteiger partial charge in [-0.05, 0) is 60.5 Å². The van der Waals surface area contributed by atoms with Gasteiger partial charge >= 0.3 is 0 Å². The molecule has 0 aliphatic rings. The van der Waals surface area contributed by atoms with Gasteiger partial charge in [0, 0.05) is 12.4 Å². The van der Waals surface area contributed by atoms with Gasteiger partial charge in [-0.3, -0.25) is 4.98 Å². The second-order valence-electron chi connectivity index (χ2n) is 5.15. The maximum Gasteiger partial charge on any atom is 0.0273 e. The fourth-order valence-corrected chi connectivity index (χ4v) is 2.25. The highest BCUT2D eigenvalue weighted by atomic mass is 14.6. The lowest BCUT2D eigenvalue weighted by atomic mass is 9.97. The average molecular weight is 254 g/mol. The van der Waals surface area contributed by atoms with E-state index in [0.29, 0.717) is 5.92 Å². The summed E-state index contributed by atoms with van der Waals surface area (Å²) in [6, 6.07) is 12.9. The zero-order valence-corrected chi connectivity index (χ0v) is 11.5. The predicted molar refractivity (Wildman–Crippen MR) is 80.8 cm³/mol. The molecule has 0 radical (unpaired) electrons. The highest BCUT2D eigenvalue weighted by Crippen LogP contribution is 2.20. The van der Waals surface area contributed by atoms with Crippen LogP contribution in [0.25, 0.3) is 11.1 Å². The van der Waals surface area contributed by atoms with Gasteiger partial charge in [0.2, 0.25) is 0 Å². The molecule has 2 N–H and O–H groups in total. The van der Waals surface area contributed by atoms with Gasteiger partial charge in [-0.2, -0.15) is 0 Å². The molecular weight excluding hydrogens is 232 g/mol. The second-order valence-corrected chi connectivity index (χ2v) is 5.15. The summed E-state index contributed by atoms with van der Waals surface area (Å²) in [7, 11) is 0. The van der Waals surface area contributed by atoms with Gasteiger partial charge < -0.3 is 5.73 Å². The molecule has 1 heterocycles. The number of rotatable bonds is 6. The van der Waals surface area contributed by atoms with Crippen LogP contribution >= 0.6 is 0 Å². The number of benzene rings is 1. The Bertz CT molecular complexity index is 476. The quantitative estimate of drug-likeness (QED) is 0.854. The third-order valence-corrected chi connectivity index (χ3v) is 3.55. The van der Waals surface area contributed by atoms with Crippen LogP contribution in [0, 0.1) is 5.92 Å². The molecule has 0 bridgehead atoms. The summed E-state index contributed by atoms with van der Waals surface area (Å²) >= 11 is 0. The standard InChI is InChI=1S/C17H22N2/c1-14(8-11-18)2-3-15-4-6-16(7-5-15)17-9-12-19-13-10-17/h4-7,9-10,12-14H,2-3,8,11,18H2,1H3. The smallest absolute Gasteiger partial charge is 0.0273 e. The molecule has 1 atom stereocenters. The lowest BCUT2D eigenvalue weighted by Crippen LogP contribution is -2.06. The molecule has 2 heteroatoms. The zero-order valence-electron chi connectivity index (χ0n) is 11.5. The van der Waals surface area contributed by atoms with Gasteiger partial charge in [0.1, 0.15) is 0 Å². The van der Waals surface area contributed by atoms with Crippen molar-refractivity contribution < 1.29 is 0 Å². The SMILES string of the molecule is CC(CCN)CCc1ccc(-c2ccncc2)cc1. The van der Waals surface area contributed by atoms with E-state index in [4.69, 9.17) is 5.73 Å². The second kappa shape index (κ2) is 7.05. The summed E-state index contributed by atoms with van der Waals surface area (Å²) < 4.78 is 0. The van der Waals surface area contributed by atoms with Crippen molar-refractivity contribution in [1.29, 1.82) is 0 Å². The number of pyridine rings is 1. The number of nitrogens with two attached hydrogens (primary N) is 1. The molecule has 0 aliphatic heterocycles. The van der Waals surface area contributed by atoms with Crippen LogP contribution in [0.4, 0.5) is 0 Å². The molecular formula is C17H22N2. The molecule has 0 spiro atoms. The molecule has 1 aromatic heterocycles. The van der Waals surface area contributed by atoms with Crippen molar-refractivity contribution in [3.63, 3.8) is 0 Å². The lowest BCUT2D eigenvalue weighted by Gasteiger charge is -2.10. The van der Waals surface area contributed by atoms with Crippen molar-refractivity contribution in [2.24, 2.45) is 11.7 Å². The van der Waals surface area contributed by atoms with E-state index in [1.54, 1.807) is 0 Å². The van der Waals surface area contributed by atoms with Crippen molar-refractivity contribution in [2.75, 3.05) is 6.54 Å². The van der Waals surface area contributed by atoms with E-state index in [1.807, 2.05) is 24.5 Å². The molecule has 0 amide bonds. The first-order valence-corrected chi connectivity index (χ1v) is 6.99. The minimum Gasteiger partial charge on any atom is -0.330 e. The Hall–Kier alpha value is -1.67. The van der Waals surface area contributed by atoms with Crippen LogP contribution in [0.1, 0.15) is 25.3 Å². The molecule has 2 aromatic rings. The van der Waals surface area contributed by atoms with E-state index in [9.17, 15) is 0 Å². The molecule has 2 rings (SSSR count). The first kappa shape index (κ1) is 13.8. The molecule has 100 valence electrons. The molecule has 0 fully saturated rings. The monoisotopic (exact) mass is 254 g/mol. The van der Waals surface area contributed by atoms with Gasteiger partial charge in [-0.1, -0.05) is 31.2 Å². The van der Waals surface area contributed by atoms with Crippen LogP contribution < -0.4 is 5.73 Å². The van der Waals surface area contributed by atoms with Crippen molar-refractivity contribution in [1.82, 2.24) is 4.98 Å². The van der Waals surface area contributed by atoms with Crippen LogP contribution in [0.5, 0.6) is 0 Å². The van der Waals surface area contributed by atoms with Gasteiger partial charge in [-0.15, -0.1) is 0 Å². The van der Waals surface area contributed by atoms with E-state index in [0.717, 1.165) is 19.4 Å². The molecule has 1 unspecified atom stereocenters. The van der Waals surface area contributed by atoms with Gasteiger partial charge in [0.25, 0.3) is 0 Å². The number of hydrogen-bond donors (Lipinski definition) is 1. The van der Waals surface area contributed by atoms with Gasteiger partial charge in [-0.25, -0.2) is 0 Å². The van der Waals surface area contributed by atoms with Gasteiger partial charge in [0.05, 0.1) is 0 Å². The number of hydrogen-bond acceptors (Lipinski definition) is 2. The van der Waals surface area contributed by atoms with Crippen molar-refractivity contribution in [2.45, 2.75) is 26.2 Å².